The molecule has 0 spiro atoms. The van der Waals surface area contributed by atoms with E-state index in [0.29, 0.717) is 5.71 Å². The number of benzene rings is 1. The number of ether oxygens (including phenoxy) is 1. The monoisotopic (exact) mass is 470 g/mol. The van der Waals surface area contributed by atoms with Crippen LogP contribution in [0.2, 0.25) is 0 Å². The number of oxime groups is 1. The summed E-state index contributed by atoms with van der Waals surface area (Å²) in [7, 11) is 1.31. The number of nitrogens with zero attached hydrogens (tertiary/aromatic N) is 1. The summed E-state index contributed by atoms with van der Waals surface area (Å²) in [5.41, 5.74) is -1.89. The van der Waals surface area contributed by atoms with Gasteiger partial charge in [0.05, 0.1) is 11.3 Å². The fraction of sp³-hybridized carbons (Fsp3) is 0.455. The molecule has 0 saturated heterocycles. The van der Waals surface area contributed by atoms with Crippen LogP contribution in [-0.4, -0.2) is 48.4 Å². The van der Waals surface area contributed by atoms with E-state index in [0.717, 1.165) is 18.2 Å². The summed E-state index contributed by atoms with van der Waals surface area (Å²) >= 11 is 0. The first-order valence-electron chi connectivity index (χ1n) is 9.96. The number of amides is 1. The second-order valence-corrected chi connectivity index (χ2v) is 8.21. The normalized spacial score (nSPS) is 21.5. The Kier molecular flexibility index (Phi) is 7.89. The molecule has 1 heterocycles. The molecule has 0 aliphatic carbocycles. The summed E-state index contributed by atoms with van der Waals surface area (Å²) in [5.74, 6) is -3.14. The molecule has 0 saturated carbocycles. The Morgan fingerprint density at radius 2 is 2.00 bits per heavy atom. The van der Waals surface area contributed by atoms with E-state index in [-0.39, 0.29) is 36.1 Å². The van der Waals surface area contributed by atoms with E-state index in [1.807, 2.05) is 0 Å². The zero-order chi connectivity index (χ0) is 25.0. The van der Waals surface area contributed by atoms with Crippen LogP contribution in [0, 0.1) is 5.41 Å². The lowest BCUT2D eigenvalue weighted by molar-refractivity contribution is -0.161. The zero-order valence-corrected chi connectivity index (χ0v) is 18.4. The SMILES string of the molecule is C=C1Cc2cc(C(F)(F)F)ccc2C(=O)NCC(C)(C)/C(=N/OC)CCC(C(=O)O)OC1=O. The van der Waals surface area contributed by atoms with E-state index in [2.05, 4.69) is 17.1 Å². The Balaban J connectivity index is 2.55. The second-order valence-electron chi connectivity index (χ2n) is 8.21. The summed E-state index contributed by atoms with van der Waals surface area (Å²) in [6, 6.07) is 2.55. The van der Waals surface area contributed by atoms with Crippen LogP contribution < -0.4 is 5.32 Å². The van der Waals surface area contributed by atoms with Crippen LogP contribution in [0.3, 0.4) is 0 Å². The number of hydrogen-bond acceptors (Lipinski definition) is 6. The Morgan fingerprint density at radius 3 is 2.58 bits per heavy atom. The third kappa shape index (κ3) is 6.56. The number of fused-ring (bicyclic) bond motifs is 1. The average molecular weight is 470 g/mol. The van der Waals surface area contributed by atoms with E-state index in [4.69, 9.17) is 9.57 Å². The third-order valence-electron chi connectivity index (χ3n) is 5.21. The first kappa shape index (κ1) is 25.9. The highest BCUT2D eigenvalue weighted by atomic mass is 19.4. The molecule has 1 aliphatic rings. The smallest absolute Gasteiger partial charge is 0.416 e. The van der Waals surface area contributed by atoms with Gasteiger partial charge in [0.25, 0.3) is 5.91 Å². The molecule has 2 N–H and O–H groups in total. The van der Waals surface area contributed by atoms with Crippen molar-refractivity contribution in [1.29, 1.82) is 0 Å². The lowest BCUT2D eigenvalue weighted by Gasteiger charge is -2.28. The quantitative estimate of drug-likeness (QED) is 0.389. The number of cyclic esters (lactones) is 1. The van der Waals surface area contributed by atoms with Gasteiger partial charge in [-0.3, -0.25) is 4.79 Å². The van der Waals surface area contributed by atoms with Crippen molar-refractivity contribution in [3.8, 4) is 0 Å². The van der Waals surface area contributed by atoms with Gasteiger partial charge in [-0.15, -0.1) is 0 Å². The van der Waals surface area contributed by atoms with Gasteiger partial charge in [-0.05, 0) is 30.2 Å². The Hall–Kier alpha value is -3.37. The fourth-order valence-corrected chi connectivity index (χ4v) is 3.27. The zero-order valence-electron chi connectivity index (χ0n) is 18.4. The van der Waals surface area contributed by atoms with Gasteiger partial charge in [-0.2, -0.15) is 13.2 Å². The van der Waals surface area contributed by atoms with Gasteiger partial charge >= 0.3 is 18.1 Å². The van der Waals surface area contributed by atoms with Gasteiger partial charge in [-0.25, -0.2) is 9.59 Å². The number of hydrogen-bond donors (Lipinski definition) is 2. The predicted octanol–water partition coefficient (Wildman–Crippen LogP) is 3.35. The van der Waals surface area contributed by atoms with Crippen LogP contribution in [0.4, 0.5) is 13.2 Å². The number of carboxylic acid groups (broad SMARTS) is 1. The van der Waals surface area contributed by atoms with Crippen molar-refractivity contribution in [1.82, 2.24) is 5.32 Å². The summed E-state index contributed by atoms with van der Waals surface area (Å²) in [4.78, 5) is 41.7. The minimum atomic E-state index is -4.67. The van der Waals surface area contributed by atoms with E-state index >= 15 is 0 Å². The summed E-state index contributed by atoms with van der Waals surface area (Å²) in [5, 5.41) is 16.1. The van der Waals surface area contributed by atoms with Gasteiger partial charge in [0.1, 0.15) is 7.11 Å². The van der Waals surface area contributed by atoms with Gasteiger partial charge in [0, 0.05) is 35.9 Å². The maximum absolute atomic E-state index is 13.2. The molecule has 0 radical (unpaired) electrons. The number of alkyl halides is 3. The molecule has 0 bridgehead atoms. The van der Waals surface area contributed by atoms with Crippen molar-refractivity contribution in [2.45, 2.75) is 45.4 Å². The van der Waals surface area contributed by atoms with E-state index < -0.39 is 47.5 Å². The molecule has 11 heteroatoms. The fourth-order valence-electron chi connectivity index (χ4n) is 3.27. The van der Waals surface area contributed by atoms with Crippen molar-refractivity contribution >= 4 is 23.6 Å². The maximum atomic E-state index is 13.2. The predicted molar refractivity (Wildman–Crippen MR) is 112 cm³/mol. The number of carbonyl (C=O) groups is 3. The highest BCUT2D eigenvalue weighted by Crippen LogP contribution is 2.31. The summed E-state index contributed by atoms with van der Waals surface area (Å²) in [6.45, 7) is 7.01. The number of nitrogens with one attached hydrogen (secondary N) is 1. The second kappa shape index (κ2) is 10.1. The molecule has 1 aromatic rings. The molecule has 1 aromatic carbocycles. The minimum Gasteiger partial charge on any atom is -0.479 e. The van der Waals surface area contributed by atoms with Crippen LogP contribution in [0.15, 0.2) is 35.5 Å². The molecule has 0 aromatic heterocycles. The van der Waals surface area contributed by atoms with Crippen molar-refractivity contribution < 1.29 is 42.2 Å². The largest absolute Gasteiger partial charge is 0.479 e. The Morgan fingerprint density at radius 1 is 1.33 bits per heavy atom. The number of carboxylic acids is 1. The molecule has 0 fully saturated rings. The molecule has 1 atom stereocenters. The molecular formula is C22H25F3N2O6. The number of aliphatic carboxylic acids is 1. The lowest BCUT2D eigenvalue weighted by Crippen LogP contribution is -2.40. The van der Waals surface area contributed by atoms with Crippen LogP contribution in [0.5, 0.6) is 0 Å². The van der Waals surface area contributed by atoms with Crippen molar-refractivity contribution in [3.05, 3.63) is 47.0 Å². The molecule has 33 heavy (non-hydrogen) atoms. The number of carbonyl (C=O) groups excluding carboxylic acids is 2. The molecule has 8 nitrogen and oxygen atoms in total. The highest BCUT2D eigenvalue weighted by Gasteiger charge is 2.34. The summed E-state index contributed by atoms with van der Waals surface area (Å²) in [6.07, 6.45) is -6.70. The lowest BCUT2D eigenvalue weighted by atomic mass is 9.84. The third-order valence-corrected chi connectivity index (χ3v) is 5.21. The van der Waals surface area contributed by atoms with Gasteiger partial charge in [0.2, 0.25) is 0 Å². The molecule has 180 valence electrons. The van der Waals surface area contributed by atoms with Crippen molar-refractivity contribution in [2.24, 2.45) is 10.6 Å². The van der Waals surface area contributed by atoms with Crippen molar-refractivity contribution in [2.75, 3.05) is 13.7 Å². The maximum Gasteiger partial charge on any atom is 0.416 e. The minimum absolute atomic E-state index is 0.0347. The van der Waals surface area contributed by atoms with Gasteiger partial charge in [0.15, 0.2) is 6.10 Å². The molecule has 2 rings (SSSR count). The number of rotatable bonds is 2. The van der Waals surface area contributed by atoms with Gasteiger partial charge < -0.3 is 20.0 Å². The summed E-state index contributed by atoms with van der Waals surface area (Å²) < 4.78 is 44.7. The molecule has 1 amide bonds. The van der Waals surface area contributed by atoms with Crippen LogP contribution in [0.25, 0.3) is 0 Å². The first-order valence-corrected chi connectivity index (χ1v) is 9.96. The van der Waals surface area contributed by atoms with Crippen LogP contribution >= 0.6 is 0 Å². The molecule has 1 aliphatic heterocycles. The first-order chi connectivity index (χ1) is 15.3. The van der Waals surface area contributed by atoms with Crippen LogP contribution in [0.1, 0.15) is 48.2 Å². The van der Waals surface area contributed by atoms with E-state index in [1.165, 1.54) is 7.11 Å². The Labute approximate surface area is 188 Å². The van der Waals surface area contributed by atoms with Gasteiger partial charge in [-0.1, -0.05) is 25.6 Å². The number of halogens is 3. The standard InChI is InChI=1S/C22H25F3N2O6/c1-12-9-13-10-14(22(23,24)25)5-6-15(13)18(28)26-11-21(2,3)17(27-32-4)8-7-16(19(29)30)33-20(12)31/h5-6,10,16H,1,7-9,11H2,2-4H3,(H,26,28)(H,29,30)/b27-17+. The molecular weight excluding hydrogens is 445 g/mol. The topological polar surface area (TPSA) is 114 Å². The van der Waals surface area contributed by atoms with Crippen molar-refractivity contribution in [3.63, 3.8) is 0 Å². The van der Waals surface area contributed by atoms with Crippen LogP contribution in [-0.2, 0) is 31.8 Å². The molecule has 1 unspecified atom stereocenters. The average Bonchev–Trinajstić information content (AvgIpc) is 2.72. The van der Waals surface area contributed by atoms with E-state index in [1.54, 1.807) is 13.8 Å². The highest BCUT2D eigenvalue weighted by molar-refractivity contribution is 5.98. The number of esters is 1. The Bertz CT molecular complexity index is 985. The van der Waals surface area contributed by atoms with E-state index in [9.17, 15) is 32.7 Å².